The molecule has 3 atom stereocenters. The zero-order valence-electron chi connectivity index (χ0n) is 9.68. The molecule has 0 radical (unpaired) electrons. The Hall–Kier alpha value is -1.59. The van der Waals surface area contributed by atoms with Gasteiger partial charge in [-0.05, 0) is 18.8 Å². The fourth-order valence-corrected chi connectivity index (χ4v) is 2.19. The molecule has 1 rings (SSSR count). The Morgan fingerprint density at radius 2 is 1.94 bits per heavy atom. The number of aliphatic carboxylic acids is 2. The normalized spacial score (nSPS) is 25.2. The first-order valence-electron chi connectivity index (χ1n) is 5.66. The predicted octanol–water partition coefficient (Wildman–Crippen LogP) is 0.467. The van der Waals surface area contributed by atoms with Crippen molar-refractivity contribution in [2.24, 2.45) is 11.8 Å². The maximum atomic E-state index is 11.8. The van der Waals surface area contributed by atoms with Crippen molar-refractivity contribution in [1.82, 2.24) is 5.32 Å². The molecule has 0 heterocycles. The highest BCUT2D eigenvalue weighted by Gasteiger charge is 2.32. The van der Waals surface area contributed by atoms with Crippen LogP contribution in [0.4, 0.5) is 0 Å². The SMILES string of the molecule is CC1CCCC1C(=O)N[C@H](CC(=O)O)C(=O)O. The van der Waals surface area contributed by atoms with E-state index in [1.54, 1.807) is 0 Å². The van der Waals surface area contributed by atoms with Gasteiger partial charge in [0, 0.05) is 5.92 Å². The third-order valence-corrected chi connectivity index (χ3v) is 3.19. The molecule has 1 aliphatic carbocycles. The van der Waals surface area contributed by atoms with Crippen molar-refractivity contribution in [3.05, 3.63) is 0 Å². The lowest BCUT2D eigenvalue weighted by molar-refractivity contribution is -0.147. The van der Waals surface area contributed by atoms with Crippen LogP contribution >= 0.6 is 0 Å². The lowest BCUT2D eigenvalue weighted by Gasteiger charge is -2.18. The van der Waals surface area contributed by atoms with Crippen molar-refractivity contribution in [2.45, 2.75) is 38.6 Å². The number of carboxylic acids is 2. The molecule has 6 nitrogen and oxygen atoms in total. The Morgan fingerprint density at radius 3 is 2.35 bits per heavy atom. The molecule has 1 amide bonds. The Balaban J connectivity index is 2.57. The van der Waals surface area contributed by atoms with Crippen molar-refractivity contribution in [3.63, 3.8) is 0 Å². The number of carboxylic acid groups (broad SMARTS) is 2. The fraction of sp³-hybridized carbons (Fsp3) is 0.727. The van der Waals surface area contributed by atoms with Crippen molar-refractivity contribution in [2.75, 3.05) is 0 Å². The standard InChI is InChI=1S/C11H17NO5/c1-6-3-2-4-7(6)10(15)12-8(11(16)17)5-9(13)14/h6-8H,2-5H2,1H3,(H,12,15)(H,13,14)(H,16,17)/t6?,7?,8-/m1/s1. The van der Waals surface area contributed by atoms with E-state index in [0.717, 1.165) is 19.3 Å². The molecule has 6 heteroatoms. The predicted molar refractivity (Wildman–Crippen MR) is 58.3 cm³/mol. The number of carbonyl (C=O) groups excluding carboxylic acids is 1. The van der Waals surface area contributed by atoms with Crippen molar-refractivity contribution >= 4 is 17.8 Å². The smallest absolute Gasteiger partial charge is 0.326 e. The third-order valence-electron chi connectivity index (χ3n) is 3.19. The number of hydrogen-bond acceptors (Lipinski definition) is 3. The van der Waals surface area contributed by atoms with Gasteiger partial charge in [-0.15, -0.1) is 0 Å². The summed E-state index contributed by atoms with van der Waals surface area (Å²) in [5, 5.41) is 19.7. The molecule has 0 aromatic rings. The Kier molecular flexibility index (Phi) is 4.48. The molecular formula is C11H17NO5. The van der Waals surface area contributed by atoms with E-state index in [9.17, 15) is 14.4 Å². The van der Waals surface area contributed by atoms with Gasteiger partial charge in [-0.25, -0.2) is 4.79 Å². The average molecular weight is 243 g/mol. The van der Waals surface area contributed by atoms with E-state index in [-0.39, 0.29) is 17.7 Å². The minimum absolute atomic E-state index is 0.189. The van der Waals surface area contributed by atoms with E-state index in [1.165, 1.54) is 0 Å². The molecule has 1 aliphatic rings. The van der Waals surface area contributed by atoms with Crippen LogP contribution in [0.2, 0.25) is 0 Å². The van der Waals surface area contributed by atoms with E-state index in [1.807, 2.05) is 6.92 Å². The lowest BCUT2D eigenvalue weighted by Crippen LogP contribution is -2.45. The highest BCUT2D eigenvalue weighted by atomic mass is 16.4. The summed E-state index contributed by atoms with van der Waals surface area (Å²) in [5.41, 5.74) is 0. The van der Waals surface area contributed by atoms with Crippen LogP contribution in [0.1, 0.15) is 32.6 Å². The first-order valence-corrected chi connectivity index (χ1v) is 5.66. The van der Waals surface area contributed by atoms with E-state index >= 15 is 0 Å². The van der Waals surface area contributed by atoms with Gasteiger partial charge in [0.05, 0.1) is 6.42 Å². The molecule has 0 aliphatic heterocycles. The second-order valence-electron chi connectivity index (χ2n) is 4.51. The van der Waals surface area contributed by atoms with Crippen LogP contribution in [-0.4, -0.2) is 34.1 Å². The van der Waals surface area contributed by atoms with Crippen LogP contribution < -0.4 is 5.32 Å². The molecule has 1 fully saturated rings. The van der Waals surface area contributed by atoms with E-state index < -0.39 is 24.4 Å². The Morgan fingerprint density at radius 1 is 1.29 bits per heavy atom. The fourth-order valence-electron chi connectivity index (χ4n) is 2.19. The summed E-state index contributed by atoms with van der Waals surface area (Å²) < 4.78 is 0. The van der Waals surface area contributed by atoms with Gasteiger partial charge in [0.25, 0.3) is 0 Å². The van der Waals surface area contributed by atoms with Crippen LogP contribution in [-0.2, 0) is 14.4 Å². The second-order valence-corrected chi connectivity index (χ2v) is 4.51. The van der Waals surface area contributed by atoms with Crippen LogP contribution in [0.5, 0.6) is 0 Å². The minimum atomic E-state index is -1.34. The van der Waals surface area contributed by atoms with Gasteiger partial charge < -0.3 is 15.5 Å². The van der Waals surface area contributed by atoms with Gasteiger partial charge in [0.2, 0.25) is 5.91 Å². The summed E-state index contributed by atoms with van der Waals surface area (Å²) in [7, 11) is 0. The maximum Gasteiger partial charge on any atom is 0.326 e. The molecule has 2 unspecified atom stereocenters. The third kappa shape index (κ3) is 3.72. The van der Waals surface area contributed by atoms with Gasteiger partial charge >= 0.3 is 11.9 Å². The summed E-state index contributed by atoms with van der Waals surface area (Å²) in [5.74, 6) is -2.85. The van der Waals surface area contributed by atoms with Crippen molar-refractivity contribution < 1.29 is 24.6 Å². The maximum absolute atomic E-state index is 11.8. The van der Waals surface area contributed by atoms with Crippen LogP contribution in [0.3, 0.4) is 0 Å². The summed E-state index contributed by atoms with van der Waals surface area (Å²) in [6, 6.07) is -1.34. The van der Waals surface area contributed by atoms with Crippen LogP contribution in [0.15, 0.2) is 0 Å². The molecular weight excluding hydrogens is 226 g/mol. The molecule has 0 saturated heterocycles. The molecule has 0 aromatic heterocycles. The number of carbonyl (C=O) groups is 3. The molecule has 0 aromatic carbocycles. The summed E-state index contributed by atoms with van der Waals surface area (Å²) in [6.07, 6.45) is 2.05. The Bertz CT molecular complexity index is 328. The number of hydrogen-bond donors (Lipinski definition) is 3. The van der Waals surface area contributed by atoms with E-state index in [4.69, 9.17) is 10.2 Å². The van der Waals surface area contributed by atoms with Crippen LogP contribution in [0, 0.1) is 11.8 Å². The molecule has 3 N–H and O–H groups in total. The van der Waals surface area contributed by atoms with Gasteiger partial charge in [-0.1, -0.05) is 13.3 Å². The summed E-state index contributed by atoms with van der Waals surface area (Å²) in [4.78, 5) is 33.0. The van der Waals surface area contributed by atoms with Gasteiger partial charge in [-0.2, -0.15) is 0 Å². The molecule has 0 spiro atoms. The second kappa shape index (κ2) is 5.65. The zero-order chi connectivity index (χ0) is 13.0. The highest BCUT2D eigenvalue weighted by molar-refractivity contribution is 5.87. The highest BCUT2D eigenvalue weighted by Crippen LogP contribution is 2.31. The van der Waals surface area contributed by atoms with Gasteiger partial charge in [-0.3, -0.25) is 9.59 Å². The lowest BCUT2D eigenvalue weighted by atomic mass is 9.97. The largest absolute Gasteiger partial charge is 0.481 e. The van der Waals surface area contributed by atoms with Gasteiger partial charge in [0.1, 0.15) is 6.04 Å². The average Bonchev–Trinajstić information content (AvgIpc) is 2.62. The monoisotopic (exact) mass is 243 g/mol. The summed E-state index contributed by atoms with van der Waals surface area (Å²) in [6.45, 7) is 1.95. The van der Waals surface area contributed by atoms with Crippen molar-refractivity contribution in [3.8, 4) is 0 Å². The first kappa shape index (κ1) is 13.5. The van der Waals surface area contributed by atoms with Crippen LogP contribution in [0.25, 0.3) is 0 Å². The molecule has 17 heavy (non-hydrogen) atoms. The molecule has 0 bridgehead atoms. The topological polar surface area (TPSA) is 104 Å². The summed E-state index contributed by atoms with van der Waals surface area (Å²) >= 11 is 0. The molecule has 1 saturated carbocycles. The van der Waals surface area contributed by atoms with Gasteiger partial charge in [0.15, 0.2) is 0 Å². The number of nitrogens with one attached hydrogen (secondary N) is 1. The van der Waals surface area contributed by atoms with E-state index in [2.05, 4.69) is 5.32 Å². The van der Waals surface area contributed by atoms with E-state index in [0.29, 0.717) is 0 Å². The van der Waals surface area contributed by atoms with Crippen molar-refractivity contribution in [1.29, 1.82) is 0 Å². The first-order chi connectivity index (χ1) is 7.91. The zero-order valence-corrected chi connectivity index (χ0v) is 9.68. The quantitative estimate of drug-likeness (QED) is 0.651. The molecule has 96 valence electrons. The number of amides is 1. The number of rotatable bonds is 5. The minimum Gasteiger partial charge on any atom is -0.481 e. The Labute approximate surface area is 99.0 Å².